The van der Waals surface area contributed by atoms with Gasteiger partial charge in [-0.25, -0.2) is 0 Å². The molecule has 59 heavy (non-hydrogen) atoms. The van der Waals surface area contributed by atoms with Crippen molar-refractivity contribution in [2.45, 2.75) is 83.8 Å². The molecule has 302 valence electrons. The van der Waals surface area contributed by atoms with Crippen molar-refractivity contribution in [1.82, 2.24) is 4.57 Å². The molecule has 0 spiro atoms. The van der Waals surface area contributed by atoms with Gasteiger partial charge >= 0.3 is 0 Å². The number of fused-ring (bicyclic) bond motifs is 1. The van der Waals surface area contributed by atoms with Crippen molar-refractivity contribution in [3.8, 4) is 0 Å². The van der Waals surface area contributed by atoms with E-state index in [2.05, 4.69) is 103 Å². The van der Waals surface area contributed by atoms with Crippen LogP contribution in [-0.4, -0.2) is 35.6 Å². The van der Waals surface area contributed by atoms with Gasteiger partial charge in [0.1, 0.15) is 30.5 Å². The van der Waals surface area contributed by atoms with E-state index >= 15 is 0 Å². The number of aryl methyl sites for hydroxylation is 2. The summed E-state index contributed by atoms with van der Waals surface area (Å²) in [5.74, 6) is 0. The second-order valence-electron chi connectivity index (χ2n) is 15.4. The minimum Gasteiger partial charge on any atom is -0.374 e. The molecule has 6 aromatic carbocycles. The number of hydrogen-bond acceptors (Lipinski definition) is 5. The summed E-state index contributed by atoms with van der Waals surface area (Å²) < 4.78 is 37.2. The molecule has 1 aromatic heterocycles. The third kappa shape index (κ3) is 10.2. The minimum absolute atomic E-state index is 0.281. The smallest absolute Gasteiger partial charge is 0.117 e. The van der Waals surface area contributed by atoms with E-state index in [0.717, 1.165) is 50.7 Å². The molecular formula is C52H52ClNO5. The molecule has 7 heteroatoms. The highest BCUT2D eigenvalue weighted by Gasteiger charge is 2.49. The average Bonchev–Trinajstić information content (AvgIpc) is 3.63. The molecule has 0 N–H and O–H groups in total. The molecule has 7 aromatic rings. The Balaban J connectivity index is 1.23. The molecule has 1 unspecified atom stereocenters. The summed E-state index contributed by atoms with van der Waals surface area (Å²) in [6.07, 6.45) is 0.455. The minimum atomic E-state index is -0.577. The van der Waals surface area contributed by atoms with Gasteiger partial charge < -0.3 is 28.3 Å². The highest BCUT2D eigenvalue weighted by molar-refractivity contribution is 6.35. The summed E-state index contributed by atoms with van der Waals surface area (Å²) in [6, 6.07) is 54.0. The summed E-state index contributed by atoms with van der Waals surface area (Å²) in [5, 5.41) is 1.71. The molecule has 0 aliphatic carbocycles. The van der Waals surface area contributed by atoms with Gasteiger partial charge in [0.2, 0.25) is 0 Å². The fourth-order valence-corrected chi connectivity index (χ4v) is 8.40. The fourth-order valence-electron chi connectivity index (χ4n) is 8.02. The normalized spacial score (nSPS) is 19.3. The quantitative estimate of drug-likeness (QED) is 0.0917. The molecule has 0 saturated carbocycles. The first kappa shape index (κ1) is 40.7. The average molecular weight is 806 g/mol. The molecule has 0 bridgehead atoms. The van der Waals surface area contributed by atoms with Crippen molar-refractivity contribution >= 4 is 22.5 Å². The van der Waals surface area contributed by atoms with Crippen molar-refractivity contribution in [3.05, 3.63) is 213 Å². The standard InChI is InChI=1S/C52H52ClNO5/c1-3-38-24-26-39(27-25-38)30-54-31-45(44-28-37(2)29-46(53)48(44)54)49-51(57-34-42-20-12-6-13-21-42)52(58-35-43-22-14-7-15-23-43)50(56-33-41-18-10-5-11-19-41)47(59-49)36-55-32-40-16-8-4-9-17-40/h4-29,31,47,49-52H,3,30,32-36H2,1-2H3/t47-,49?,50-,51+,52+/m1/s1. The molecule has 5 atom stereocenters. The van der Waals surface area contributed by atoms with Crippen molar-refractivity contribution in [1.29, 1.82) is 0 Å². The van der Waals surface area contributed by atoms with Gasteiger partial charge in [0.15, 0.2) is 0 Å². The Morgan fingerprint density at radius 2 is 1.05 bits per heavy atom. The maximum atomic E-state index is 7.37. The molecule has 2 heterocycles. The van der Waals surface area contributed by atoms with Crippen LogP contribution in [0.15, 0.2) is 164 Å². The number of benzene rings is 6. The fraction of sp³-hybridized carbons (Fsp3) is 0.269. The highest BCUT2D eigenvalue weighted by Crippen LogP contribution is 2.43. The molecule has 1 saturated heterocycles. The van der Waals surface area contributed by atoms with E-state index in [9.17, 15) is 0 Å². The first-order chi connectivity index (χ1) is 29.0. The molecule has 6 nitrogen and oxygen atoms in total. The van der Waals surface area contributed by atoms with E-state index in [1.807, 2.05) is 78.9 Å². The lowest BCUT2D eigenvalue weighted by atomic mass is 9.90. The molecular weight excluding hydrogens is 754 g/mol. The molecule has 1 aliphatic rings. The lowest BCUT2D eigenvalue weighted by molar-refractivity contribution is -0.274. The van der Waals surface area contributed by atoms with Crippen LogP contribution in [0.3, 0.4) is 0 Å². The van der Waals surface area contributed by atoms with Crippen LogP contribution in [-0.2, 0) is 63.1 Å². The largest absolute Gasteiger partial charge is 0.374 e. The van der Waals surface area contributed by atoms with Gasteiger partial charge in [-0.05, 0) is 64.4 Å². The molecule has 1 fully saturated rings. The summed E-state index contributed by atoms with van der Waals surface area (Å²) >= 11 is 7.18. The van der Waals surface area contributed by atoms with Crippen LogP contribution in [0.5, 0.6) is 0 Å². The lowest BCUT2D eigenvalue weighted by Crippen LogP contribution is -2.58. The molecule has 0 radical (unpaired) electrons. The first-order valence-corrected chi connectivity index (χ1v) is 21.0. The number of rotatable bonds is 17. The van der Waals surface area contributed by atoms with E-state index in [1.54, 1.807) is 0 Å². The monoisotopic (exact) mass is 805 g/mol. The van der Waals surface area contributed by atoms with E-state index in [4.69, 9.17) is 35.3 Å². The van der Waals surface area contributed by atoms with E-state index < -0.39 is 30.5 Å². The topological polar surface area (TPSA) is 51.1 Å². The van der Waals surface area contributed by atoms with Gasteiger partial charge in [0.05, 0.1) is 43.6 Å². The van der Waals surface area contributed by atoms with Crippen LogP contribution in [0, 0.1) is 6.92 Å². The van der Waals surface area contributed by atoms with Gasteiger partial charge in [0, 0.05) is 23.7 Å². The number of ether oxygens (including phenoxy) is 5. The number of hydrogen-bond donors (Lipinski definition) is 0. The maximum Gasteiger partial charge on any atom is 0.117 e. The van der Waals surface area contributed by atoms with Gasteiger partial charge in [-0.1, -0.05) is 164 Å². The van der Waals surface area contributed by atoms with Crippen LogP contribution < -0.4 is 0 Å². The van der Waals surface area contributed by atoms with Crippen LogP contribution in [0.4, 0.5) is 0 Å². The van der Waals surface area contributed by atoms with E-state index in [0.29, 0.717) is 38.0 Å². The molecule has 0 amide bonds. The number of nitrogens with zero attached hydrogens (tertiary/aromatic N) is 1. The first-order valence-electron chi connectivity index (χ1n) is 20.6. The third-order valence-electron chi connectivity index (χ3n) is 11.1. The Kier molecular flexibility index (Phi) is 13.7. The summed E-state index contributed by atoms with van der Waals surface area (Å²) in [5.41, 5.74) is 9.76. The Bertz CT molecular complexity index is 2350. The predicted molar refractivity (Wildman–Crippen MR) is 235 cm³/mol. The van der Waals surface area contributed by atoms with Crippen LogP contribution in [0.1, 0.15) is 57.5 Å². The summed E-state index contributed by atoms with van der Waals surface area (Å²) in [7, 11) is 0. The summed E-state index contributed by atoms with van der Waals surface area (Å²) in [4.78, 5) is 0. The van der Waals surface area contributed by atoms with Gasteiger partial charge in [0.25, 0.3) is 0 Å². The maximum absolute atomic E-state index is 7.37. The second kappa shape index (κ2) is 19.8. The van der Waals surface area contributed by atoms with E-state index in [1.165, 1.54) is 11.1 Å². The zero-order valence-corrected chi connectivity index (χ0v) is 34.5. The molecule has 8 rings (SSSR count). The van der Waals surface area contributed by atoms with Gasteiger partial charge in [-0.3, -0.25) is 0 Å². The Labute approximate surface area is 353 Å². The number of halogens is 1. The molecule has 1 aliphatic heterocycles. The summed E-state index contributed by atoms with van der Waals surface area (Å²) in [6.45, 7) is 6.72. The Morgan fingerprint density at radius 3 is 1.59 bits per heavy atom. The van der Waals surface area contributed by atoms with Crippen molar-refractivity contribution in [2.24, 2.45) is 0 Å². The Hall–Kier alpha value is -5.05. The zero-order valence-electron chi connectivity index (χ0n) is 33.8. The number of aromatic nitrogens is 1. The predicted octanol–water partition coefficient (Wildman–Crippen LogP) is 11.6. The van der Waals surface area contributed by atoms with Gasteiger partial charge in [-0.15, -0.1) is 0 Å². The van der Waals surface area contributed by atoms with Crippen LogP contribution in [0.25, 0.3) is 10.9 Å². The van der Waals surface area contributed by atoms with Crippen molar-refractivity contribution in [3.63, 3.8) is 0 Å². The zero-order chi connectivity index (χ0) is 40.4. The lowest BCUT2D eigenvalue weighted by Gasteiger charge is -2.46. The second-order valence-corrected chi connectivity index (χ2v) is 15.8. The SMILES string of the molecule is CCc1ccc(Cn2cc(C3O[C@H](COCc4ccccc4)[C@@H](OCc4ccccc4)[C@H](OCc4ccccc4)[C@H]3OCc3ccccc3)c3cc(C)cc(Cl)c32)cc1. The Morgan fingerprint density at radius 1 is 0.559 bits per heavy atom. The third-order valence-corrected chi connectivity index (χ3v) is 11.4. The van der Waals surface area contributed by atoms with E-state index in [-0.39, 0.29) is 6.61 Å². The van der Waals surface area contributed by atoms with Gasteiger partial charge in [-0.2, -0.15) is 0 Å². The van der Waals surface area contributed by atoms with Crippen molar-refractivity contribution in [2.75, 3.05) is 6.61 Å². The van der Waals surface area contributed by atoms with Crippen LogP contribution in [0.2, 0.25) is 5.02 Å². The highest BCUT2D eigenvalue weighted by atomic mass is 35.5. The van der Waals surface area contributed by atoms with Crippen LogP contribution >= 0.6 is 11.6 Å². The van der Waals surface area contributed by atoms with Crippen molar-refractivity contribution < 1.29 is 23.7 Å².